The number of ether oxygens (including phenoxy) is 1. The molecule has 0 saturated carbocycles. The molecule has 92 valence electrons. The first-order valence-electron chi connectivity index (χ1n) is 6.14. The van der Waals surface area contributed by atoms with Gasteiger partial charge < -0.3 is 9.64 Å². The number of benzene rings is 1. The zero-order valence-electron chi connectivity index (χ0n) is 10.5. The first-order chi connectivity index (χ1) is 8.20. The van der Waals surface area contributed by atoms with Crippen molar-refractivity contribution in [2.45, 2.75) is 19.8 Å². The zero-order valence-corrected chi connectivity index (χ0v) is 10.5. The summed E-state index contributed by atoms with van der Waals surface area (Å²) in [4.78, 5) is 13.8. The molecule has 1 heterocycles. The summed E-state index contributed by atoms with van der Waals surface area (Å²) >= 11 is 0. The van der Waals surface area contributed by atoms with Crippen LogP contribution in [0.25, 0.3) is 0 Å². The number of hydrogen-bond acceptors (Lipinski definition) is 3. The third-order valence-corrected chi connectivity index (χ3v) is 3.42. The average molecular weight is 233 g/mol. The first-order valence-corrected chi connectivity index (χ1v) is 6.14. The Morgan fingerprint density at radius 3 is 2.71 bits per heavy atom. The molecule has 3 nitrogen and oxygen atoms in total. The lowest BCUT2D eigenvalue weighted by molar-refractivity contribution is 0.0601. The summed E-state index contributed by atoms with van der Waals surface area (Å²) in [6.45, 7) is 4.44. The molecule has 0 radical (unpaired) electrons. The molecule has 0 atom stereocenters. The van der Waals surface area contributed by atoms with Gasteiger partial charge in [0.05, 0.1) is 12.7 Å². The van der Waals surface area contributed by atoms with E-state index in [0.717, 1.165) is 24.7 Å². The first kappa shape index (κ1) is 12.0. The molecule has 17 heavy (non-hydrogen) atoms. The molecule has 1 aliphatic rings. The van der Waals surface area contributed by atoms with E-state index in [9.17, 15) is 4.79 Å². The topological polar surface area (TPSA) is 29.5 Å². The normalized spacial score (nSPS) is 16.9. The number of esters is 1. The third-order valence-electron chi connectivity index (χ3n) is 3.42. The predicted octanol–water partition coefficient (Wildman–Crippen LogP) is 2.71. The monoisotopic (exact) mass is 233 g/mol. The highest BCUT2D eigenvalue weighted by Crippen LogP contribution is 2.23. The molecule has 3 heteroatoms. The van der Waals surface area contributed by atoms with Crippen LogP contribution in [0.5, 0.6) is 0 Å². The Balaban J connectivity index is 2.13. The summed E-state index contributed by atoms with van der Waals surface area (Å²) in [5.41, 5.74) is 1.75. The Morgan fingerprint density at radius 2 is 2.06 bits per heavy atom. The fourth-order valence-corrected chi connectivity index (χ4v) is 2.21. The smallest absolute Gasteiger partial charge is 0.337 e. The van der Waals surface area contributed by atoms with Crippen LogP contribution in [-0.2, 0) is 4.74 Å². The number of anilines is 1. The lowest BCUT2D eigenvalue weighted by atomic mass is 9.98. The van der Waals surface area contributed by atoms with E-state index in [1.165, 1.54) is 20.0 Å². The molecule has 0 amide bonds. The molecular weight excluding hydrogens is 214 g/mol. The number of nitrogens with zero attached hydrogens (tertiary/aromatic N) is 1. The van der Waals surface area contributed by atoms with Gasteiger partial charge in [0, 0.05) is 18.8 Å². The number of methoxy groups -OCH3 is 1. The Bertz CT molecular complexity index is 395. The molecule has 0 unspecified atom stereocenters. The Hall–Kier alpha value is -1.51. The van der Waals surface area contributed by atoms with Crippen LogP contribution in [0.15, 0.2) is 24.3 Å². The summed E-state index contributed by atoms with van der Waals surface area (Å²) in [6.07, 6.45) is 2.45. The van der Waals surface area contributed by atoms with Crippen LogP contribution in [0.1, 0.15) is 30.1 Å². The van der Waals surface area contributed by atoms with Gasteiger partial charge in [0.2, 0.25) is 0 Å². The van der Waals surface area contributed by atoms with Gasteiger partial charge in [-0.1, -0.05) is 13.0 Å². The molecule has 0 aliphatic carbocycles. The summed E-state index contributed by atoms with van der Waals surface area (Å²) in [5, 5.41) is 0. The summed E-state index contributed by atoms with van der Waals surface area (Å²) < 4.78 is 4.74. The van der Waals surface area contributed by atoms with Crippen molar-refractivity contribution in [2.75, 3.05) is 25.1 Å². The predicted molar refractivity (Wildman–Crippen MR) is 68.4 cm³/mol. The average Bonchev–Trinajstić information content (AvgIpc) is 2.39. The SMILES string of the molecule is COC(=O)c1cccc(N2CCC(C)CC2)c1. The van der Waals surface area contributed by atoms with Gasteiger partial charge in [-0.05, 0) is 37.0 Å². The summed E-state index contributed by atoms with van der Waals surface area (Å²) in [5.74, 6) is 0.548. The van der Waals surface area contributed by atoms with Gasteiger partial charge in [-0.25, -0.2) is 4.79 Å². The third kappa shape index (κ3) is 2.78. The fourth-order valence-electron chi connectivity index (χ4n) is 2.21. The minimum absolute atomic E-state index is 0.266. The lowest BCUT2D eigenvalue weighted by Crippen LogP contribution is -2.32. The molecule has 0 spiro atoms. The van der Waals surface area contributed by atoms with Crippen molar-refractivity contribution < 1.29 is 9.53 Å². The van der Waals surface area contributed by atoms with Crippen molar-refractivity contribution in [1.29, 1.82) is 0 Å². The minimum atomic E-state index is -0.266. The highest BCUT2D eigenvalue weighted by atomic mass is 16.5. The largest absolute Gasteiger partial charge is 0.465 e. The maximum Gasteiger partial charge on any atom is 0.337 e. The van der Waals surface area contributed by atoms with E-state index >= 15 is 0 Å². The highest BCUT2D eigenvalue weighted by Gasteiger charge is 2.16. The van der Waals surface area contributed by atoms with E-state index in [1.807, 2.05) is 12.1 Å². The van der Waals surface area contributed by atoms with E-state index in [-0.39, 0.29) is 5.97 Å². The molecule has 1 aromatic rings. The second-order valence-corrected chi connectivity index (χ2v) is 4.71. The Labute approximate surface area is 102 Å². The standard InChI is InChI=1S/C14H19NO2/c1-11-6-8-15(9-7-11)13-5-3-4-12(10-13)14(16)17-2/h3-5,10-11H,6-9H2,1-2H3. The summed E-state index contributed by atoms with van der Waals surface area (Å²) in [6, 6.07) is 7.69. The molecule has 0 bridgehead atoms. The van der Waals surface area contributed by atoms with E-state index in [0.29, 0.717) is 5.56 Å². The second-order valence-electron chi connectivity index (χ2n) is 4.71. The van der Waals surface area contributed by atoms with Gasteiger partial charge in [-0.3, -0.25) is 0 Å². The van der Waals surface area contributed by atoms with Crippen LogP contribution < -0.4 is 4.90 Å². The quantitative estimate of drug-likeness (QED) is 0.736. The van der Waals surface area contributed by atoms with Crippen molar-refractivity contribution >= 4 is 11.7 Å². The van der Waals surface area contributed by atoms with Gasteiger partial charge in [0.1, 0.15) is 0 Å². The number of carbonyl (C=O) groups is 1. The van der Waals surface area contributed by atoms with Crippen LogP contribution in [-0.4, -0.2) is 26.2 Å². The molecular formula is C14H19NO2. The van der Waals surface area contributed by atoms with Crippen LogP contribution in [0.2, 0.25) is 0 Å². The van der Waals surface area contributed by atoms with Gasteiger partial charge in [0.25, 0.3) is 0 Å². The van der Waals surface area contributed by atoms with Gasteiger partial charge >= 0.3 is 5.97 Å². The van der Waals surface area contributed by atoms with E-state index in [4.69, 9.17) is 4.74 Å². The van der Waals surface area contributed by atoms with Crippen LogP contribution in [0, 0.1) is 5.92 Å². The number of piperidine rings is 1. The van der Waals surface area contributed by atoms with Gasteiger partial charge in [0.15, 0.2) is 0 Å². The molecule has 1 aromatic carbocycles. The minimum Gasteiger partial charge on any atom is -0.465 e. The molecule has 1 aliphatic heterocycles. The highest BCUT2D eigenvalue weighted by molar-refractivity contribution is 5.90. The van der Waals surface area contributed by atoms with Crippen molar-refractivity contribution in [3.05, 3.63) is 29.8 Å². The van der Waals surface area contributed by atoms with Crippen LogP contribution >= 0.6 is 0 Å². The maximum atomic E-state index is 11.5. The maximum absolute atomic E-state index is 11.5. The molecule has 2 rings (SSSR count). The Kier molecular flexibility index (Phi) is 3.67. The molecule has 1 saturated heterocycles. The van der Waals surface area contributed by atoms with E-state index in [2.05, 4.69) is 17.9 Å². The molecule has 1 fully saturated rings. The van der Waals surface area contributed by atoms with Crippen LogP contribution in [0.4, 0.5) is 5.69 Å². The lowest BCUT2D eigenvalue weighted by Gasteiger charge is -2.32. The van der Waals surface area contributed by atoms with Crippen molar-refractivity contribution in [1.82, 2.24) is 0 Å². The Morgan fingerprint density at radius 1 is 1.35 bits per heavy atom. The molecule has 0 N–H and O–H groups in total. The zero-order chi connectivity index (χ0) is 12.3. The van der Waals surface area contributed by atoms with Gasteiger partial charge in [-0.15, -0.1) is 0 Å². The summed E-state index contributed by atoms with van der Waals surface area (Å²) in [7, 11) is 1.41. The van der Waals surface area contributed by atoms with E-state index in [1.54, 1.807) is 6.07 Å². The fraction of sp³-hybridized carbons (Fsp3) is 0.500. The number of hydrogen-bond donors (Lipinski definition) is 0. The van der Waals surface area contributed by atoms with Crippen molar-refractivity contribution in [3.63, 3.8) is 0 Å². The van der Waals surface area contributed by atoms with Gasteiger partial charge in [-0.2, -0.15) is 0 Å². The van der Waals surface area contributed by atoms with Crippen molar-refractivity contribution in [2.24, 2.45) is 5.92 Å². The number of rotatable bonds is 2. The van der Waals surface area contributed by atoms with Crippen molar-refractivity contribution in [3.8, 4) is 0 Å². The molecule has 0 aromatic heterocycles. The van der Waals surface area contributed by atoms with E-state index < -0.39 is 0 Å². The van der Waals surface area contributed by atoms with Crippen LogP contribution in [0.3, 0.4) is 0 Å². The second kappa shape index (κ2) is 5.21. The number of carbonyl (C=O) groups excluding carboxylic acids is 1.